The van der Waals surface area contributed by atoms with Gasteiger partial charge < -0.3 is 0 Å². The van der Waals surface area contributed by atoms with Gasteiger partial charge in [-0.3, -0.25) is 4.57 Å². The number of halogens is 1. The van der Waals surface area contributed by atoms with Crippen LogP contribution in [0.4, 0.5) is 0 Å². The molecule has 0 aliphatic rings. The molecule has 3 nitrogen and oxygen atoms in total. The van der Waals surface area contributed by atoms with E-state index in [-0.39, 0.29) is 5.28 Å². The summed E-state index contributed by atoms with van der Waals surface area (Å²) in [4.78, 5) is 9.72. The molecule has 0 N–H and O–H groups in total. The first-order valence-corrected chi connectivity index (χ1v) is 15.8. The fourth-order valence-corrected chi connectivity index (χ4v) is 9.41. The van der Waals surface area contributed by atoms with Gasteiger partial charge in [0.15, 0.2) is 5.82 Å². The molecule has 4 aromatic heterocycles. The fraction of sp³-hybridized carbons (Fsp3) is 0. The summed E-state index contributed by atoms with van der Waals surface area (Å²) in [6.07, 6.45) is 0. The molecule has 0 saturated heterocycles. The number of hydrogen-bond acceptors (Lipinski definition) is 4. The van der Waals surface area contributed by atoms with Crippen molar-refractivity contribution in [3.63, 3.8) is 0 Å². The molecule has 10 rings (SSSR count). The van der Waals surface area contributed by atoms with Gasteiger partial charge in [-0.05, 0) is 46.0 Å². The van der Waals surface area contributed by atoms with Gasteiger partial charge in [0.1, 0.15) is 0 Å². The number of hydrogen-bond donors (Lipinski definition) is 0. The van der Waals surface area contributed by atoms with Crippen LogP contribution in [-0.4, -0.2) is 14.5 Å². The molecule has 0 unspecified atom stereocenters. The summed E-state index contributed by atoms with van der Waals surface area (Å²) in [7, 11) is 0. The van der Waals surface area contributed by atoms with E-state index in [0.29, 0.717) is 0 Å². The number of rotatable bonds is 1. The first-order chi connectivity index (χ1) is 20.8. The molecule has 6 heteroatoms. The lowest BCUT2D eigenvalue weighted by molar-refractivity contribution is 1.08. The van der Waals surface area contributed by atoms with Crippen LogP contribution < -0.4 is 0 Å². The van der Waals surface area contributed by atoms with E-state index >= 15 is 0 Å². The summed E-state index contributed by atoms with van der Waals surface area (Å²) < 4.78 is 7.16. The van der Waals surface area contributed by atoms with Gasteiger partial charge >= 0.3 is 0 Å². The lowest BCUT2D eigenvalue weighted by Gasteiger charge is -2.11. The Labute approximate surface area is 251 Å². The summed E-state index contributed by atoms with van der Waals surface area (Å²) >= 11 is 10.3. The maximum Gasteiger partial charge on any atom is 0.225 e. The fourth-order valence-electron chi connectivity index (χ4n) is 6.85. The van der Waals surface area contributed by atoms with Gasteiger partial charge in [-0.1, -0.05) is 91.0 Å². The number of fused-ring (bicyclic) bond motifs is 15. The topological polar surface area (TPSA) is 30.7 Å². The molecule has 42 heavy (non-hydrogen) atoms. The van der Waals surface area contributed by atoms with Crippen LogP contribution in [0.5, 0.6) is 0 Å². The maximum atomic E-state index is 6.73. The average Bonchev–Trinajstić information content (AvgIpc) is 3.71. The summed E-state index contributed by atoms with van der Waals surface area (Å²) in [5, 5.41) is 11.4. The second-order valence-corrected chi connectivity index (χ2v) is 13.1. The highest BCUT2D eigenvalue weighted by Gasteiger charge is 2.25. The first kappa shape index (κ1) is 23.1. The quantitative estimate of drug-likeness (QED) is 0.178. The Morgan fingerprint density at radius 1 is 0.524 bits per heavy atom. The molecule has 0 saturated carbocycles. The zero-order valence-corrected chi connectivity index (χ0v) is 24.3. The maximum absolute atomic E-state index is 6.73. The van der Waals surface area contributed by atoms with Gasteiger partial charge in [0.25, 0.3) is 0 Å². The van der Waals surface area contributed by atoms with Crippen LogP contribution in [0.3, 0.4) is 0 Å². The molecule has 0 amide bonds. The Kier molecular flexibility index (Phi) is 4.54. The minimum absolute atomic E-state index is 0.254. The van der Waals surface area contributed by atoms with Gasteiger partial charge in [0.2, 0.25) is 5.28 Å². The molecule has 196 valence electrons. The van der Waals surface area contributed by atoms with Gasteiger partial charge in [-0.15, -0.1) is 22.7 Å². The van der Waals surface area contributed by atoms with Crippen LogP contribution in [0, 0.1) is 0 Å². The van der Waals surface area contributed by atoms with E-state index in [1.165, 1.54) is 57.2 Å². The number of thiophene rings is 2. The third kappa shape index (κ3) is 2.90. The first-order valence-electron chi connectivity index (χ1n) is 13.8. The lowest BCUT2D eigenvalue weighted by atomic mass is 9.98. The predicted octanol–water partition coefficient (Wildman–Crippen LogP) is 11.3. The van der Waals surface area contributed by atoms with Crippen molar-refractivity contribution in [1.82, 2.24) is 14.5 Å². The van der Waals surface area contributed by atoms with Gasteiger partial charge in [0, 0.05) is 46.4 Å². The second kappa shape index (κ2) is 8.26. The van der Waals surface area contributed by atoms with Crippen LogP contribution >= 0.6 is 34.3 Å². The Bertz CT molecular complexity index is 2770. The molecule has 0 aliphatic heterocycles. The van der Waals surface area contributed by atoms with Gasteiger partial charge in [-0.25, -0.2) is 4.98 Å². The molecule has 0 radical (unpaired) electrons. The zero-order chi connectivity index (χ0) is 27.5. The van der Waals surface area contributed by atoms with E-state index in [0.717, 1.165) is 32.5 Å². The molecule has 0 aliphatic carbocycles. The summed E-state index contributed by atoms with van der Waals surface area (Å²) in [5.74, 6) is 0.826. The zero-order valence-electron chi connectivity index (χ0n) is 21.9. The van der Waals surface area contributed by atoms with E-state index in [4.69, 9.17) is 21.6 Å². The molecule has 0 atom stereocenters. The molecule has 4 heterocycles. The van der Waals surface area contributed by atoms with E-state index in [9.17, 15) is 0 Å². The number of aromatic nitrogens is 3. The Hall–Kier alpha value is -4.55. The van der Waals surface area contributed by atoms with Crippen molar-refractivity contribution < 1.29 is 0 Å². The molecule has 10 aromatic rings. The van der Waals surface area contributed by atoms with Crippen LogP contribution in [-0.2, 0) is 0 Å². The van der Waals surface area contributed by atoms with Crippen LogP contribution in [0.15, 0.2) is 109 Å². The average molecular weight is 592 g/mol. The third-order valence-corrected chi connectivity index (χ3v) is 11.0. The van der Waals surface area contributed by atoms with Crippen molar-refractivity contribution in [3.05, 3.63) is 114 Å². The highest BCUT2D eigenvalue weighted by atomic mass is 35.5. The van der Waals surface area contributed by atoms with Crippen molar-refractivity contribution >= 4 is 118 Å². The van der Waals surface area contributed by atoms with Crippen molar-refractivity contribution in [2.75, 3.05) is 0 Å². The van der Waals surface area contributed by atoms with Gasteiger partial charge in [-0.2, -0.15) is 4.98 Å². The lowest BCUT2D eigenvalue weighted by Crippen LogP contribution is -2.00. The van der Waals surface area contributed by atoms with E-state index in [1.807, 2.05) is 11.3 Å². The van der Waals surface area contributed by atoms with Crippen LogP contribution in [0.2, 0.25) is 5.28 Å². The number of benzene rings is 6. The van der Waals surface area contributed by atoms with E-state index in [1.54, 1.807) is 11.3 Å². The highest BCUT2D eigenvalue weighted by Crippen LogP contribution is 2.50. The second-order valence-electron chi connectivity index (χ2n) is 10.7. The Balaban J connectivity index is 1.56. The smallest absolute Gasteiger partial charge is 0.225 e. The highest BCUT2D eigenvalue weighted by molar-refractivity contribution is 7.27. The number of nitrogens with zero attached hydrogens (tertiary/aromatic N) is 3. The monoisotopic (exact) mass is 591 g/mol. The Morgan fingerprint density at radius 2 is 1.17 bits per heavy atom. The Morgan fingerprint density at radius 3 is 2.00 bits per heavy atom. The molecule has 0 spiro atoms. The molecule has 0 fully saturated rings. The third-order valence-electron chi connectivity index (χ3n) is 8.52. The largest absolute Gasteiger partial charge is 0.292 e. The van der Waals surface area contributed by atoms with E-state index in [2.05, 4.69) is 114 Å². The van der Waals surface area contributed by atoms with Crippen molar-refractivity contribution in [2.45, 2.75) is 0 Å². The van der Waals surface area contributed by atoms with Crippen molar-refractivity contribution in [1.29, 1.82) is 0 Å². The minimum atomic E-state index is 0.254. The SMILES string of the molecule is Clc1nc(-n2c3ccc4ccccc4c3c3c4sc5ccccc5c4c4ccccc4c32)c2sc3ccccc3c2n1. The molecular formula is C36H18ClN3S2. The summed E-state index contributed by atoms with van der Waals surface area (Å²) in [6, 6.07) is 39.2. The van der Waals surface area contributed by atoms with E-state index < -0.39 is 0 Å². The summed E-state index contributed by atoms with van der Waals surface area (Å²) in [5.41, 5.74) is 3.17. The van der Waals surface area contributed by atoms with Crippen molar-refractivity contribution in [2.24, 2.45) is 0 Å². The normalized spacial score (nSPS) is 12.4. The van der Waals surface area contributed by atoms with Crippen LogP contribution in [0.1, 0.15) is 0 Å². The molecule has 6 aromatic carbocycles. The standard InChI is InChI=1S/C36H18ClN3S2/c37-36-38-31-24-14-6-8-16-27(24)42-34(31)35(39-36)40-25-18-17-19-9-1-2-10-20(19)29(25)30-32(40)22-12-4-3-11-21(22)28-23-13-5-7-15-26(23)41-33(28)30/h1-18H. The summed E-state index contributed by atoms with van der Waals surface area (Å²) in [6.45, 7) is 0. The van der Waals surface area contributed by atoms with Crippen molar-refractivity contribution in [3.8, 4) is 5.82 Å². The minimum Gasteiger partial charge on any atom is -0.292 e. The molecule has 0 bridgehead atoms. The van der Waals surface area contributed by atoms with Gasteiger partial charge in [0.05, 0.1) is 21.3 Å². The predicted molar refractivity (Wildman–Crippen MR) is 182 cm³/mol. The van der Waals surface area contributed by atoms with Crippen LogP contribution in [0.25, 0.3) is 89.6 Å². The molecular weight excluding hydrogens is 574 g/mol.